The maximum atomic E-state index is 14.3. The van der Waals surface area contributed by atoms with Crippen molar-refractivity contribution < 1.29 is 22.4 Å². The quantitative estimate of drug-likeness (QED) is 0.253. The van der Waals surface area contributed by atoms with Gasteiger partial charge in [-0.05, 0) is 55.7 Å². The number of aryl methyl sites for hydroxylation is 1. The van der Waals surface area contributed by atoms with Gasteiger partial charge in [0.1, 0.15) is 5.82 Å². The number of hydrogen-bond donors (Lipinski definition) is 0. The van der Waals surface area contributed by atoms with E-state index in [1.54, 1.807) is 30.4 Å². The van der Waals surface area contributed by atoms with E-state index in [2.05, 4.69) is 10.2 Å². The minimum atomic E-state index is -1.53. The van der Waals surface area contributed by atoms with Crippen LogP contribution >= 0.6 is 0 Å². The van der Waals surface area contributed by atoms with Gasteiger partial charge in [-0.1, -0.05) is 13.8 Å². The molecule has 0 saturated heterocycles. The number of fused-ring (bicyclic) bond motifs is 1. The number of hydrogen-bond acceptors (Lipinski definition) is 3. The van der Waals surface area contributed by atoms with E-state index in [0.717, 1.165) is 17.7 Å². The lowest BCUT2D eigenvalue weighted by Gasteiger charge is -2.41. The fourth-order valence-electron chi connectivity index (χ4n) is 5.30. The minimum absolute atomic E-state index is 0.169. The summed E-state index contributed by atoms with van der Waals surface area (Å²) in [6, 6.07) is 6.87. The van der Waals surface area contributed by atoms with Gasteiger partial charge in [0.25, 0.3) is 5.91 Å². The van der Waals surface area contributed by atoms with Crippen molar-refractivity contribution in [2.45, 2.75) is 45.2 Å². The lowest BCUT2D eigenvalue weighted by molar-refractivity contribution is 0.0512. The number of carbonyl (C=O) groups is 1. The Hall–Kier alpha value is -3.95. The van der Waals surface area contributed by atoms with Gasteiger partial charge in [-0.25, -0.2) is 22.2 Å². The molecule has 0 bridgehead atoms. The van der Waals surface area contributed by atoms with Crippen molar-refractivity contribution in [1.29, 1.82) is 0 Å². The molecule has 0 saturated carbocycles. The normalized spacial score (nSPS) is 17.2. The zero-order valence-corrected chi connectivity index (χ0v) is 20.6. The number of aromatic nitrogens is 4. The van der Waals surface area contributed by atoms with E-state index in [9.17, 15) is 22.4 Å². The van der Waals surface area contributed by atoms with Crippen LogP contribution in [-0.4, -0.2) is 36.4 Å². The predicted octanol–water partition coefficient (Wildman–Crippen LogP) is 5.76. The summed E-state index contributed by atoms with van der Waals surface area (Å²) in [4.78, 5) is 15.8. The van der Waals surface area contributed by atoms with Crippen LogP contribution in [0.4, 0.5) is 17.6 Å². The van der Waals surface area contributed by atoms with Gasteiger partial charge >= 0.3 is 0 Å². The van der Waals surface area contributed by atoms with E-state index in [0.29, 0.717) is 36.3 Å². The van der Waals surface area contributed by atoms with Crippen LogP contribution in [0.5, 0.6) is 0 Å². The average Bonchev–Trinajstić information content (AvgIpc) is 3.52. The zero-order chi connectivity index (χ0) is 26.4. The SMILES string of the molecule is CCC1Cc2c(nn(C)c2-c2cc(F)c(F)c(F)c2)C(CC)N1C(=O)c1cc(F)ccc1-n1cccn1. The molecule has 3 heterocycles. The molecule has 6 nitrogen and oxygen atoms in total. The molecule has 5 rings (SSSR count). The minimum Gasteiger partial charge on any atom is -0.327 e. The van der Waals surface area contributed by atoms with Gasteiger partial charge in [-0.2, -0.15) is 10.2 Å². The maximum Gasteiger partial charge on any atom is 0.256 e. The van der Waals surface area contributed by atoms with Crippen molar-refractivity contribution in [2.75, 3.05) is 0 Å². The van der Waals surface area contributed by atoms with E-state index in [4.69, 9.17) is 0 Å². The number of rotatable bonds is 5. The van der Waals surface area contributed by atoms with Crippen LogP contribution < -0.4 is 0 Å². The van der Waals surface area contributed by atoms with Gasteiger partial charge in [0.2, 0.25) is 0 Å². The molecule has 0 spiro atoms. The highest BCUT2D eigenvalue weighted by atomic mass is 19.2. The number of amides is 1. The van der Waals surface area contributed by atoms with Gasteiger partial charge in [0, 0.05) is 36.6 Å². The number of benzene rings is 2. The lowest BCUT2D eigenvalue weighted by atomic mass is 9.87. The highest BCUT2D eigenvalue weighted by Crippen LogP contribution is 2.41. The molecule has 0 fully saturated rings. The van der Waals surface area contributed by atoms with Crippen LogP contribution in [-0.2, 0) is 13.5 Å². The molecule has 2 unspecified atom stereocenters. The average molecular weight is 512 g/mol. The Morgan fingerprint density at radius 2 is 1.78 bits per heavy atom. The van der Waals surface area contributed by atoms with Crippen LogP contribution in [0.1, 0.15) is 54.3 Å². The number of halogens is 4. The first-order valence-corrected chi connectivity index (χ1v) is 12.1. The third kappa shape index (κ3) is 4.10. The Bertz CT molecular complexity index is 1460. The van der Waals surface area contributed by atoms with E-state index < -0.39 is 29.3 Å². The molecule has 2 aromatic heterocycles. The van der Waals surface area contributed by atoms with Gasteiger partial charge in [0.05, 0.1) is 28.7 Å². The molecule has 10 heteroatoms. The Morgan fingerprint density at radius 1 is 1.05 bits per heavy atom. The highest BCUT2D eigenvalue weighted by Gasteiger charge is 2.41. The molecule has 2 atom stereocenters. The topological polar surface area (TPSA) is 56.0 Å². The molecule has 192 valence electrons. The van der Waals surface area contributed by atoms with Crippen LogP contribution in [0, 0.1) is 23.3 Å². The van der Waals surface area contributed by atoms with Crippen LogP contribution in [0.3, 0.4) is 0 Å². The second-order valence-corrected chi connectivity index (χ2v) is 9.10. The molecule has 1 aliphatic heterocycles. The first-order valence-electron chi connectivity index (χ1n) is 12.1. The molecule has 2 aromatic carbocycles. The van der Waals surface area contributed by atoms with E-state index >= 15 is 0 Å². The Balaban J connectivity index is 1.63. The summed E-state index contributed by atoms with van der Waals surface area (Å²) in [5.41, 5.74) is 2.61. The summed E-state index contributed by atoms with van der Waals surface area (Å²) < 4.78 is 59.2. The van der Waals surface area contributed by atoms with Crippen molar-refractivity contribution in [3.63, 3.8) is 0 Å². The first-order chi connectivity index (χ1) is 17.7. The zero-order valence-electron chi connectivity index (χ0n) is 20.6. The van der Waals surface area contributed by atoms with E-state index in [-0.39, 0.29) is 23.1 Å². The largest absolute Gasteiger partial charge is 0.327 e. The molecular formula is C27H25F4N5O. The number of nitrogens with zero attached hydrogens (tertiary/aromatic N) is 5. The number of carbonyl (C=O) groups excluding carboxylic acids is 1. The van der Waals surface area contributed by atoms with Gasteiger partial charge in [0.15, 0.2) is 17.5 Å². The second-order valence-electron chi connectivity index (χ2n) is 9.10. The van der Waals surface area contributed by atoms with E-state index in [1.807, 2.05) is 13.8 Å². The molecule has 0 N–H and O–H groups in total. The second kappa shape index (κ2) is 9.49. The molecule has 4 aromatic rings. The van der Waals surface area contributed by atoms with Crippen LogP contribution in [0.15, 0.2) is 48.8 Å². The Kier molecular flexibility index (Phi) is 6.35. The Labute approximate surface area is 211 Å². The molecule has 0 radical (unpaired) electrons. The van der Waals surface area contributed by atoms with Crippen molar-refractivity contribution >= 4 is 5.91 Å². The third-order valence-corrected chi connectivity index (χ3v) is 6.95. The maximum absolute atomic E-state index is 14.3. The van der Waals surface area contributed by atoms with Crippen molar-refractivity contribution in [3.8, 4) is 16.9 Å². The fraction of sp³-hybridized carbons (Fsp3) is 0.296. The molecule has 37 heavy (non-hydrogen) atoms. The third-order valence-electron chi connectivity index (χ3n) is 6.95. The van der Waals surface area contributed by atoms with Crippen LogP contribution in [0.25, 0.3) is 16.9 Å². The van der Waals surface area contributed by atoms with Crippen molar-refractivity contribution in [3.05, 3.63) is 88.9 Å². The predicted molar refractivity (Wildman–Crippen MR) is 129 cm³/mol. The fourth-order valence-corrected chi connectivity index (χ4v) is 5.30. The van der Waals surface area contributed by atoms with Gasteiger partial charge in [-0.3, -0.25) is 9.48 Å². The summed E-state index contributed by atoms with van der Waals surface area (Å²) >= 11 is 0. The molecule has 0 aliphatic carbocycles. The van der Waals surface area contributed by atoms with Gasteiger partial charge < -0.3 is 4.90 Å². The molecule has 1 aliphatic rings. The lowest BCUT2D eigenvalue weighted by Crippen LogP contribution is -2.47. The summed E-state index contributed by atoms with van der Waals surface area (Å²) in [7, 11) is 1.65. The van der Waals surface area contributed by atoms with Crippen molar-refractivity contribution in [1.82, 2.24) is 24.5 Å². The Morgan fingerprint density at radius 3 is 2.41 bits per heavy atom. The summed E-state index contributed by atoms with van der Waals surface area (Å²) in [6.07, 6.45) is 4.70. The summed E-state index contributed by atoms with van der Waals surface area (Å²) in [5, 5.41) is 8.85. The van der Waals surface area contributed by atoms with Crippen molar-refractivity contribution in [2.24, 2.45) is 7.05 Å². The molecular weight excluding hydrogens is 486 g/mol. The van der Waals surface area contributed by atoms with E-state index in [1.165, 1.54) is 27.6 Å². The smallest absolute Gasteiger partial charge is 0.256 e. The summed E-state index contributed by atoms with van der Waals surface area (Å²) in [5.74, 6) is -5.00. The summed E-state index contributed by atoms with van der Waals surface area (Å²) in [6.45, 7) is 3.86. The highest BCUT2D eigenvalue weighted by molar-refractivity contribution is 5.98. The molecule has 1 amide bonds. The standard InChI is InChI=1S/C27H25F4N5O/c1-4-17-14-19-25(33-34(3)26(19)15-11-20(29)24(31)21(30)12-15)22(5-2)36(17)27(37)18-13-16(28)7-8-23(18)35-10-6-9-32-35/h6-13,17,22H,4-5,14H2,1-3H3. The monoisotopic (exact) mass is 511 g/mol. The van der Waals surface area contributed by atoms with Crippen LogP contribution in [0.2, 0.25) is 0 Å². The van der Waals surface area contributed by atoms with Gasteiger partial charge in [-0.15, -0.1) is 0 Å². The first kappa shape index (κ1) is 24.7.